The third-order valence-electron chi connectivity index (χ3n) is 1.61. The Morgan fingerprint density at radius 1 is 1.17 bits per heavy atom. The van der Waals surface area contributed by atoms with Gasteiger partial charge in [0.25, 0.3) is 6.47 Å². The predicted octanol–water partition coefficient (Wildman–Crippen LogP) is 2.10. The van der Waals surface area contributed by atoms with Crippen molar-refractivity contribution in [3.63, 3.8) is 0 Å². The second-order valence-corrected chi connectivity index (χ2v) is 2.70. The number of unbranched alkanes of at least 4 members (excludes halogenated alkanes) is 4. The van der Waals surface area contributed by atoms with Crippen LogP contribution in [-0.4, -0.2) is 19.9 Å². The van der Waals surface area contributed by atoms with Crippen LogP contribution in [0.2, 0.25) is 0 Å². The molecule has 0 N–H and O–H groups in total. The third kappa shape index (κ3) is 9.43. The molecule has 0 spiro atoms. The first-order valence-electron chi connectivity index (χ1n) is 4.54. The van der Waals surface area contributed by atoms with Crippen molar-refractivity contribution in [2.24, 2.45) is 0 Å². The summed E-state index contributed by atoms with van der Waals surface area (Å²) in [5, 5.41) is 0. The van der Waals surface area contributed by atoms with E-state index in [0.717, 1.165) is 6.42 Å². The van der Waals surface area contributed by atoms with Crippen molar-refractivity contribution in [3.05, 3.63) is 0 Å². The van der Waals surface area contributed by atoms with Crippen molar-refractivity contribution in [3.8, 4) is 0 Å². The van der Waals surface area contributed by atoms with Crippen molar-refractivity contribution >= 4 is 6.47 Å². The van der Waals surface area contributed by atoms with Crippen molar-refractivity contribution in [2.75, 3.05) is 13.4 Å². The summed E-state index contributed by atoms with van der Waals surface area (Å²) in [4.78, 5) is 9.68. The molecule has 0 saturated carbocycles. The lowest BCUT2D eigenvalue weighted by atomic mass is 10.2. The van der Waals surface area contributed by atoms with Gasteiger partial charge in [0.05, 0.1) is 6.61 Å². The van der Waals surface area contributed by atoms with E-state index in [1.165, 1.54) is 25.7 Å². The molecular formula is C9H18O3. The highest BCUT2D eigenvalue weighted by molar-refractivity contribution is 5.36. The molecule has 0 amide bonds. The molecule has 0 atom stereocenters. The standard InChI is InChI=1S/C9H18O3/c1-2-3-4-5-6-7-11-9-12-8-10/h8H,2-7,9H2,1H3. The van der Waals surface area contributed by atoms with E-state index in [9.17, 15) is 4.79 Å². The van der Waals surface area contributed by atoms with Crippen LogP contribution in [0.1, 0.15) is 39.0 Å². The lowest BCUT2D eigenvalue weighted by Crippen LogP contribution is -1.99. The Morgan fingerprint density at radius 3 is 2.58 bits per heavy atom. The zero-order valence-electron chi connectivity index (χ0n) is 7.75. The topological polar surface area (TPSA) is 35.5 Å². The van der Waals surface area contributed by atoms with Crippen LogP contribution in [0.5, 0.6) is 0 Å². The predicted molar refractivity (Wildman–Crippen MR) is 46.7 cm³/mol. The van der Waals surface area contributed by atoms with Gasteiger partial charge >= 0.3 is 0 Å². The van der Waals surface area contributed by atoms with Crippen LogP contribution in [0.3, 0.4) is 0 Å². The number of hydrogen-bond acceptors (Lipinski definition) is 3. The first-order valence-corrected chi connectivity index (χ1v) is 4.54. The maximum Gasteiger partial charge on any atom is 0.295 e. The fourth-order valence-electron chi connectivity index (χ4n) is 0.942. The van der Waals surface area contributed by atoms with Crippen LogP contribution in [-0.2, 0) is 14.3 Å². The molecule has 0 aliphatic heterocycles. The van der Waals surface area contributed by atoms with Gasteiger partial charge in [-0.2, -0.15) is 0 Å². The molecule has 0 unspecified atom stereocenters. The van der Waals surface area contributed by atoms with Crippen LogP contribution in [0.4, 0.5) is 0 Å². The van der Waals surface area contributed by atoms with E-state index in [0.29, 0.717) is 13.1 Å². The molecule has 0 aromatic rings. The van der Waals surface area contributed by atoms with E-state index >= 15 is 0 Å². The summed E-state index contributed by atoms with van der Waals surface area (Å²) in [6, 6.07) is 0. The van der Waals surface area contributed by atoms with Gasteiger partial charge in [-0.25, -0.2) is 0 Å². The summed E-state index contributed by atoms with van der Waals surface area (Å²) in [7, 11) is 0. The fourth-order valence-corrected chi connectivity index (χ4v) is 0.942. The largest absolute Gasteiger partial charge is 0.441 e. The van der Waals surface area contributed by atoms with Gasteiger partial charge in [0.1, 0.15) is 0 Å². The Balaban J connectivity index is 2.77. The van der Waals surface area contributed by atoms with Crippen molar-refractivity contribution in [1.82, 2.24) is 0 Å². The fraction of sp³-hybridized carbons (Fsp3) is 0.889. The average molecular weight is 174 g/mol. The Morgan fingerprint density at radius 2 is 1.92 bits per heavy atom. The van der Waals surface area contributed by atoms with Gasteiger partial charge in [-0.15, -0.1) is 0 Å². The minimum atomic E-state index is 0.0945. The molecule has 0 aliphatic rings. The molecule has 0 saturated heterocycles. The highest BCUT2D eigenvalue weighted by atomic mass is 16.7. The molecule has 12 heavy (non-hydrogen) atoms. The normalized spacial score (nSPS) is 9.75. The van der Waals surface area contributed by atoms with Crippen molar-refractivity contribution < 1.29 is 14.3 Å². The van der Waals surface area contributed by atoms with Crippen LogP contribution in [0.15, 0.2) is 0 Å². The molecule has 0 heterocycles. The molecule has 3 nitrogen and oxygen atoms in total. The highest BCUT2D eigenvalue weighted by Gasteiger charge is 1.89. The number of carbonyl (C=O) groups excluding carboxylic acids is 1. The first kappa shape index (κ1) is 11.4. The third-order valence-corrected chi connectivity index (χ3v) is 1.61. The van der Waals surface area contributed by atoms with E-state index in [4.69, 9.17) is 4.74 Å². The molecule has 0 fully saturated rings. The van der Waals surface area contributed by atoms with Gasteiger partial charge < -0.3 is 9.47 Å². The minimum absolute atomic E-state index is 0.0945. The molecule has 0 radical (unpaired) electrons. The smallest absolute Gasteiger partial charge is 0.295 e. The van der Waals surface area contributed by atoms with Crippen LogP contribution < -0.4 is 0 Å². The summed E-state index contributed by atoms with van der Waals surface area (Å²) >= 11 is 0. The Kier molecular flexibility index (Phi) is 9.93. The van der Waals surface area contributed by atoms with Crippen LogP contribution >= 0.6 is 0 Å². The van der Waals surface area contributed by atoms with Gasteiger partial charge in [-0.1, -0.05) is 32.6 Å². The maximum atomic E-state index is 9.68. The highest BCUT2D eigenvalue weighted by Crippen LogP contribution is 2.01. The Hall–Kier alpha value is -0.570. The van der Waals surface area contributed by atoms with E-state index in [1.807, 2.05) is 0 Å². The second-order valence-electron chi connectivity index (χ2n) is 2.70. The number of hydrogen-bond donors (Lipinski definition) is 0. The second kappa shape index (κ2) is 10.4. The Labute approximate surface area is 74.0 Å². The van der Waals surface area contributed by atoms with Gasteiger partial charge in [0.15, 0.2) is 6.79 Å². The number of rotatable bonds is 9. The molecule has 72 valence electrons. The molecule has 0 aliphatic carbocycles. The summed E-state index contributed by atoms with van der Waals surface area (Å²) in [6.07, 6.45) is 6.09. The quantitative estimate of drug-likeness (QED) is 0.305. The minimum Gasteiger partial charge on any atom is -0.441 e. The molecule has 0 rings (SSSR count). The van der Waals surface area contributed by atoms with Crippen molar-refractivity contribution in [2.45, 2.75) is 39.0 Å². The summed E-state index contributed by atoms with van der Waals surface area (Å²) in [6.45, 7) is 3.38. The zero-order valence-corrected chi connectivity index (χ0v) is 7.75. The Bertz CT molecular complexity index is 93.8. The van der Waals surface area contributed by atoms with E-state index in [1.54, 1.807) is 0 Å². The van der Waals surface area contributed by atoms with Gasteiger partial charge in [-0.3, -0.25) is 4.79 Å². The van der Waals surface area contributed by atoms with E-state index in [-0.39, 0.29) is 6.79 Å². The molecule has 0 aromatic heterocycles. The average Bonchev–Trinajstić information content (AvgIpc) is 2.10. The van der Waals surface area contributed by atoms with Gasteiger partial charge in [0.2, 0.25) is 0 Å². The SMILES string of the molecule is CCCCCCCOCOC=O. The maximum absolute atomic E-state index is 9.68. The molecule has 0 aromatic carbocycles. The monoisotopic (exact) mass is 174 g/mol. The van der Waals surface area contributed by atoms with Crippen LogP contribution in [0, 0.1) is 0 Å². The molecule has 0 bridgehead atoms. The van der Waals surface area contributed by atoms with E-state index in [2.05, 4.69) is 11.7 Å². The first-order chi connectivity index (χ1) is 5.91. The summed E-state index contributed by atoms with van der Waals surface area (Å²) in [5.74, 6) is 0. The van der Waals surface area contributed by atoms with Gasteiger partial charge in [0, 0.05) is 0 Å². The zero-order chi connectivity index (χ0) is 9.07. The van der Waals surface area contributed by atoms with E-state index < -0.39 is 0 Å². The number of carbonyl (C=O) groups is 1. The van der Waals surface area contributed by atoms with Gasteiger partial charge in [-0.05, 0) is 6.42 Å². The molecule has 3 heteroatoms. The molecular weight excluding hydrogens is 156 g/mol. The lowest BCUT2D eigenvalue weighted by molar-refractivity contribution is -0.140. The summed E-state index contributed by atoms with van der Waals surface area (Å²) < 4.78 is 9.36. The summed E-state index contributed by atoms with van der Waals surface area (Å²) in [5.41, 5.74) is 0. The van der Waals surface area contributed by atoms with Crippen LogP contribution in [0.25, 0.3) is 0 Å². The van der Waals surface area contributed by atoms with Crippen molar-refractivity contribution in [1.29, 1.82) is 0 Å². The number of ether oxygens (including phenoxy) is 2. The lowest BCUT2D eigenvalue weighted by Gasteiger charge is -2.01.